The molecule has 2 rings (SSSR count). The lowest BCUT2D eigenvalue weighted by atomic mass is 10.1. The lowest BCUT2D eigenvalue weighted by Gasteiger charge is -2.14. The van der Waals surface area contributed by atoms with Gasteiger partial charge in [0.1, 0.15) is 5.82 Å². The second-order valence-corrected chi connectivity index (χ2v) is 4.01. The van der Waals surface area contributed by atoms with Crippen LogP contribution in [-0.4, -0.2) is 16.5 Å². The number of para-hydroxylation sites is 1. The SMILES string of the molecule is CCNc1ccccc1C(S)c1ncc[nH]1. The van der Waals surface area contributed by atoms with Crippen molar-refractivity contribution in [3.8, 4) is 0 Å². The van der Waals surface area contributed by atoms with Crippen molar-refractivity contribution in [1.29, 1.82) is 0 Å². The van der Waals surface area contributed by atoms with Gasteiger partial charge in [-0.3, -0.25) is 0 Å². The maximum atomic E-state index is 4.60. The topological polar surface area (TPSA) is 40.7 Å². The molecule has 1 aromatic heterocycles. The fourth-order valence-electron chi connectivity index (χ4n) is 1.66. The second kappa shape index (κ2) is 5.07. The first kappa shape index (κ1) is 11.1. The van der Waals surface area contributed by atoms with Gasteiger partial charge in [0, 0.05) is 24.6 Å². The predicted octanol–water partition coefficient (Wildman–Crippen LogP) is 2.86. The highest BCUT2D eigenvalue weighted by Crippen LogP contribution is 2.31. The van der Waals surface area contributed by atoms with E-state index in [-0.39, 0.29) is 5.25 Å². The van der Waals surface area contributed by atoms with E-state index in [9.17, 15) is 0 Å². The van der Waals surface area contributed by atoms with Gasteiger partial charge in [0.25, 0.3) is 0 Å². The van der Waals surface area contributed by atoms with Gasteiger partial charge in [-0.1, -0.05) is 18.2 Å². The third-order valence-electron chi connectivity index (χ3n) is 2.40. The largest absolute Gasteiger partial charge is 0.385 e. The van der Waals surface area contributed by atoms with Crippen LogP contribution in [0.4, 0.5) is 5.69 Å². The smallest absolute Gasteiger partial charge is 0.123 e. The zero-order valence-corrected chi connectivity index (χ0v) is 10.0. The van der Waals surface area contributed by atoms with Crippen LogP contribution in [0.3, 0.4) is 0 Å². The van der Waals surface area contributed by atoms with Crippen molar-refractivity contribution >= 4 is 18.3 Å². The number of H-pyrrole nitrogens is 1. The Morgan fingerprint density at radius 2 is 2.25 bits per heavy atom. The summed E-state index contributed by atoms with van der Waals surface area (Å²) < 4.78 is 0. The average molecular weight is 233 g/mol. The molecule has 0 radical (unpaired) electrons. The van der Waals surface area contributed by atoms with Gasteiger partial charge in [-0.2, -0.15) is 12.6 Å². The maximum absolute atomic E-state index is 4.60. The summed E-state index contributed by atoms with van der Waals surface area (Å²) >= 11 is 4.60. The van der Waals surface area contributed by atoms with Crippen LogP contribution < -0.4 is 5.32 Å². The van der Waals surface area contributed by atoms with Gasteiger partial charge in [-0.25, -0.2) is 4.98 Å². The van der Waals surface area contributed by atoms with Gasteiger partial charge in [-0.05, 0) is 18.6 Å². The molecule has 0 bridgehead atoms. The van der Waals surface area contributed by atoms with Crippen molar-refractivity contribution in [2.24, 2.45) is 0 Å². The van der Waals surface area contributed by atoms with E-state index in [0.717, 1.165) is 23.6 Å². The molecule has 1 aromatic carbocycles. The van der Waals surface area contributed by atoms with Gasteiger partial charge >= 0.3 is 0 Å². The summed E-state index contributed by atoms with van der Waals surface area (Å²) in [6.45, 7) is 2.98. The molecule has 0 fully saturated rings. The molecule has 0 aliphatic carbocycles. The van der Waals surface area contributed by atoms with Gasteiger partial charge in [-0.15, -0.1) is 0 Å². The molecule has 4 heteroatoms. The fraction of sp³-hybridized carbons (Fsp3) is 0.250. The number of anilines is 1. The summed E-state index contributed by atoms with van der Waals surface area (Å²) in [6.07, 6.45) is 3.56. The lowest BCUT2D eigenvalue weighted by molar-refractivity contribution is 1.01. The number of nitrogens with zero attached hydrogens (tertiary/aromatic N) is 1. The van der Waals surface area contributed by atoms with Crippen molar-refractivity contribution in [2.75, 3.05) is 11.9 Å². The standard InChI is InChI=1S/C12H15N3S/c1-2-13-10-6-4-3-5-9(10)11(16)12-14-7-8-15-12/h3-8,11,13,16H,2H2,1H3,(H,14,15). The monoisotopic (exact) mass is 233 g/mol. The highest BCUT2D eigenvalue weighted by molar-refractivity contribution is 7.80. The molecule has 0 saturated carbocycles. The minimum absolute atomic E-state index is 0.0229. The van der Waals surface area contributed by atoms with Crippen molar-refractivity contribution in [3.63, 3.8) is 0 Å². The van der Waals surface area contributed by atoms with Crippen LogP contribution in [0.25, 0.3) is 0 Å². The van der Waals surface area contributed by atoms with Crippen molar-refractivity contribution in [3.05, 3.63) is 48.0 Å². The minimum Gasteiger partial charge on any atom is -0.385 e. The Bertz CT molecular complexity index is 439. The van der Waals surface area contributed by atoms with Crippen molar-refractivity contribution < 1.29 is 0 Å². The predicted molar refractivity (Wildman–Crippen MR) is 70.0 cm³/mol. The van der Waals surface area contributed by atoms with Crippen LogP contribution >= 0.6 is 12.6 Å². The number of nitrogens with one attached hydrogen (secondary N) is 2. The molecule has 1 heterocycles. The van der Waals surface area contributed by atoms with E-state index in [4.69, 9.17) is 0 Å². The van der Waals surface area contributed by atoms with Crippen LogP contribution in [0.2, 0.25) is 0 Å². The molecular formula is C12H15N3S. The molecule has 0 spiro atoms. The first-order valence-electron chi connectivity index (χ1n) is 5.33. The van der Waals surface area contributed by atoms with E-state index >= 15 is 0 Å². The van der Waals surface area contributed by atoms with Gasteiger partial charge in [0.15, 0.2) is 0 Å². The number of thiol groups is 1. The van der Waals surface area contributed by atoms with Crippen LogP contribution in [0.5, 0.6) is 0 Å². The van der Waals surface area contributed by atoms with Gasteiger partial charge in [0.2, 0.25) is 0 Å². The Balaban J connectivity index is 2.32. The first-order valence-corrected chi connectivity index (χ1v) is 5.84. The molecular weight excluding hydrogens is 218 g/mol. The molecule has 2 aromatic rings. The third-order valence-corrected chi connectivity index (χ3v) is 2.92. The maximum Gasteiger partial charge on any atom is 0.123 e. The Labute approximate surface area is 101 Å². The van der Waals surface area contributed by atoms with E-state index in [0.29, 0.717) is 0 Å². The molecule has 2 N–H and O–H groups in total. The summed E-state index contributed by atoms with van der Waals surface area (Å²) in [7, 11) is 0. The molecule has 0 aliphatic rings. The van der Waals surface area contributed by atoms with E-state index in [1.807, 2.05) is 18.3 Å². The summed E-state index contributed by atoms with van der Waals surface area (Å²) in [6, 6.07) is 8.16. The molecule has 0 saturated heterocycles. The molecule has 1 unspecified atom stereocenters. The molecule has 0 amide bonds. The van der Waals surface area contributed by atoms with E-state index < -0.39 is 0 Å². The fourth-order valence-corrected chi connectivity index (χ4v) is 2.03. The van der Waals surface area contributed by atoms with Gasteiger partial charge in [0.05, 0.1) is 5.25 Å². The van der Waals surface area contributed by atoms with E-state index in [1.165, 1.54) is 0 Å². The third kappa shape index (κ3) is 2.22. The van der Waals surface area contributed by atoms with E-state index in [2.05, 4.69) is 47.0 Å². The molecule has 1 atom stereocenters. The van der Waals surface area contributed by atoms with Gasteiger partial charge < -0.3 is 10.3 Å². The quantitative estimate of drug-likeness (QED) is 0.711. The van der Waals surface area contributed by atoms with Crippen molar-refractivity contribution in [2.45, 2.75) is 12.2 Å². The number of hydrogen-bond donors (Lipinski definition) is 3. The summed E-state index contributed by atoms with van der Waals surface area (Å²) in [5, 5.41) is 3.31. The number of rotatable bonds is 4. The number of aromatic amines is 1. The summed E-state index contributed by atoms with van der Waals surface area (Å²) in [5.41, 5.74) is 2.25. The highest BCUT2D eigenvalue weighted by atomic mass is 32.1. The molecule has 16 heavy (non-hydrogen) atoms. The average Bonchev–Trinajstić information content (AvgIpc) is 2.83. The Morgan fingerprint density at radius 3 is 2.94 bits per heavy atom. The van der Waals surface area contributed by atoms with E-state index in [1.54, 1.807) is 6.20 Å². The number of aromatic nitrogens is 2. The zero-order chi connectivity index (χ0) is 11.4. The lowest BCUT2D eigenvalue weighted by Crippen LogP contribution is -2.04. The highest BCUT2D eigenvalue weighted by Gasteiger charge is 2.14. The summed E-state index contributed by atoms with van der Waals surface area (Å²) in [5.74, 6) is 0.869. The first-order chi connectivity index (χ1) is 7.83. The minimum atomic E-state index is -0.0229. The van der Waals surface area contributed by atoms with Crippen LogP contribution in [0.1, 0.15) is 23.6 Å². The molecule has 84 valence electrons. The van der Waals surface area contributed by atoms with Crippen molar-refractivity contribution in [1.82, 2.24) is 9.97 Å². The number of imidazole rings is 1. The molecule has 0 aliphatic heterocycles. The summed E-state index contributed by atoms with van der Waals surface area (Å²) in [4.78, 5) is 7.32. The number of hydrogen-bond acceptors (Lipinski definition) is 3. The Hall–Kier alpha value is -1.42. The second-order valence-electron chi connectivity index (χ2n) is 3.49. The van der Waals surface area contributed by atoms with Crippen LogP contribution in [-0.2, 0) is 0 Å². The number of benzene rings is 1. The normalized spacial score (nSPS) is 12.4. The van der Waals surface area contributed by atoms with Crippen LogP contribution in [0, 0.1) is 0 Å². The zero-order valence-electron chi connectivity index (χ0n) is 9.14. The van der Waals surface area contributed by atoms with Crippen LogP contribution in [0.15, 0.2) is 36.7 Å². The Kier molecular flexibility index (Phi) is 3.51. The Morgan fingerprint density at radius 1 is 1.44 bits per heavy atom. The molecule has 3 nitrogen and oxygen atoms in total.